The summed E-state index contributed by atoms with van der Waals surface area (Å²) in [5, 5.41) is 20.8. The van der Waals surface area contributed by atoms with Crippen molar-refractivity contribution in [3.8, 4) is 6.07 Å². The Labute approximate surface area is 104 Å². The van der Waals surface area contributed by atoms with Crippen LogP contribution in [0.3, 0.4) is 0 Å². The number of carbonyl (C=O) groups is 1. The van der Waals surface area contributed by atoms with Crippen molar-refractivity contribution in [1.29, 1.82) is 5.26 Å². The van der Waals surface area contributed by atoms with E-state index in [1.54, 1.807) is 6.92 Å². The first kappa shape index (κ1) is 12.1. The van der Waals surface area contributed by atoms with E-state index in [9.17, 15) is 10.1 Å². The Morgan fingerprint density at radius 2 is 2.39 bits per heavy atom. The molecule has 2 rings (SSSR count). The van der Waals surface area contributed by atoms with Crippen LogP contribution in [-0.4, -0.2) is 21.5 Å². The van der Waals surface area contributed by atoms with Gasteiger partial charge < -0.3 is 14.8 Å². The van der Waals surface area contributed by atoms with Gasteiger partial charge in [0.2, 0.25) is 0 Å². The van der Waals surface area contributed by atoms with E-state index in [1.807, 2.05) is 35.0 Å². The summed E-state index contributed by atoms with van der Waals surface area (Å²) in [6.45, 7) is 1.93. The molecule has 1 atom stereocenters. The second-order valence-corrected chi connectivity index (χ2v) is 4.08. The molecule has 0 bridgehead atoms. The molecule has 5 nitrogen and oxygen atoms in total. The van der Waals surface area contributed by atoms with Crippen LogP contribution in [0.2, 0.25) is 0 Å². The van der Waals surface area contributed by atoms with E-state index in [1.165, 1.54) is 0 Å². The lowest BCUT2D eigenvalue weighted by Gasteiger charge is -2.07. The van der Waals surface area contributed by atoms with Crippen molar-refractivity contribution in [3.63, 3.8) is 0 Å². The number of nitriles is 1. The average Bonchev–Trinajstić information content (AvgIpc) is 2.73. The quantitative estimate of drug-likeness (QED) is 0.850. The van der Waals surface area contributed by atoms with Crippen LogP contribution in [0.1, 0.15) is 18.1 Å². The number of fused-ring (bicyclic) bond motifs is 1. The Hall–Kier alpha value is -2.32. The highest BCUT2D eigenvalue weighted by Crippen LogP contribution is 2.17. The molecule has 92 valence electrons. The number of nitrogens with zero attached hydrogens (tertiary/aromatic N) is 2. The normalized spacial score (nSPS) is 12.2. The van der Waals surface area contributed by atoms with Crippen LogP contribution in [-0.2, 0) is 11.3 Å². The molecule has 0 aliphatic heterocycles. The molecule has 0 fully saturated rings. The zero-order valence-electron chi connectivity index (χ0n) is 9.92. The van der Waals surface area contributed by atoms with Gasteiger partial charge in [-0.15, -0.1) is 0 Å². The smallest absolute Gasteiger partial charge is 0.320 e. The molecule has 2 N–H and O–H groups in total. The minimum atomic E-state index is -0.905. The summed E-state index contributed by atoms with van der Waals surface area (Å²) in [5.41, 5.74) is 2.22. The zero-order chi connectivity index (χ0) is 13.1. The predicted molar refractivity (Wildman–Crippen MR) is 66.0 cm³/mol. The number of aliphatic carboxylic acids is 1. The number of aromatic nitrogens is 1. The van der Waals surface area contributed by atoms with Crippen LogP contribution in [0, 0.1) is 11.3 Å². The molecule has 0 saturated heterocycles. The fourth-order valence-electron chi connectivity index (χ4n) is 1.79. The Kier molecular flexibility index (Phi) is 3.31. The number of carboxylic acids is 1. The van der Waals surface area contributed by atoms with Crippen molar-refractivity contribution in [1.82, 2.24) is 9.72 Å². The molecule has 0 unspecified atom stereocenters. The third kappa shape index (κ3) is 2.19. The first-order valence-corrected chi connectivity index (χ1v) is 5.58. The van der Waals surface area contributed by atoms with Gasteiger partial charge in [0, 0.05) is 24.5 Å². The largest absolute Gasteiger partial charge is 0.480 e. The maximum atomic E-state index is 10.7. The summed E-state index contributed by atoms with van der Waals surface area (Å²) in [6, 6.07) is 7.14. The lowest BCUT2D eigenvalue weighted by molar-refractivity contribution is -0.139. The SMILES string of the molecule is C[C@@H](NCc1cn2ccccc2c1C#N)C(=O)O. The highest BCUT2D eigenvalue weighted by Gasteiger charge is 2.13. The van der Waals surface area contributed by atoms with E-state index in [-0.39, 0.29) is 0 Å². The Balaban J connectivity index is 2.28. The van der Waals surface area contributed by atoms with Crippen molar-refractivity contribution in [2.75, 3.05) is 0 Å². The summed E-state index contributed by atoms with van der Waals surface area (Å²) in [5.74, 6) is -0.905. The molecular weight excluding hydrogens is 230 g/mol. The molecule has 2 aromatic heterocycles. The number of pyridine rings is 1. The van der Waals surface area contributed by atoms with E-state index < -0.39 is 12.0 Å². The van der Waals surface area contributed by atoms with Gasteiger partial charge in [0.25, 0.3) is 0 Å². The minimum Gasteiger partial charge on any atom is -0.480 e. The molecule has 0 amide bonds. The third-order valence-corrected chi connectivity index (χ3v) is 2.84. The Morgan fingerprint density at radius 1 is 1.61 bits per heavy atom. The number of rotatable bonds is 4. The Bertz CT molecular complexity index is 625. The van der Waals surface area contributed by atoms with Crippen molar-refractivity contribution in [2.45, 2.75) is 19.5 Å². The number of hydrogen-bond donors (Lipinski definition) is 2. The van der Waals surface area contributed by atoms with Crippen LogP contribution < -0.4 is 5.32 Å². The summed E-state index contributed by atoms with van der Waals surface area (Å²) < 4.78 is 1.86. The van der Waals surface area contributed by atoms with E-state index in [0.29, 0.717) is 12.1 Å². The second kappa shape index (κ2) is 4.90. The highest BCUT2D eigenvalue weighted by molar-refractivity contribution is 5.73. The van der Waals surface area contributed by atoms with Crippen molar-refractivity contribution < 1.29 is 9.90 Å². The maximum absolute atomic E-state index is 10.7. The Morgan fingerprint density at radius 3 is 3.06 bits per heavy atom. The molecule has 0 aromatic carbocycles. The zero-order valence-corrected chi connectivity index (χ0v) is 9.92. The third-order valence-electron chi connectivity index (χ3n) is 2.84. The number of nitrogens with one attached hydrogen (secondary N) is 1. The van der Waals surface area contributed by atoms with Gasteiger partial charge in [-0.3, -0.25) is 4.79 Å². The molecule has 0 spiro atoms. The van der Waals surface area contributed by atoms with Crippen LogP contribution in [0.5, 0.6) is 0 Å². The first-order chi connectivity index (χ1) is 8.63. The summed E-state index contributed by atoms with van der Waals surface area (Å²) in [4.78, 5) is 10.7. The first-order valence-electron chi connectivity index (χ1n) is 5.58. The predicted octanol–water partition coefficient (Wildman–Crippen LogP) is 1.37. The van der Waals surface area contributed by atoms with E-state index >= 15 is 0 Å². The van der Waals surface area contributed by atoms with E-state index in [2.05, 4.69) is 11.4 Å². The minimum absolute atomic E-state index is 0.359. The van der Waals surface area contributed by atoms with Gasteiger partial charge in [-0.2, -0.15) is 5.26 Å². The van der Waals surface area contributed by atoms with Gasteiger partial charge in [-0.1, -0.05) is 6.07 Å². The molecule has 2 heterocycles. The average molecular weight is 243 g/mol. The molecular formula is C13H13N3O2. The topological polar surface area (TPSA) is 77.5 Å². The van der Waals surface area contributed by atoms with Crippen molar-refractivity contribution in [2.24, 2.45) is 0 Å². The fraction of sp³-hybridized carbons (Fsp3) is 0.231. The van der Waals surface area contributed by atoms with Crippen LogP contribution >= 0.6 is 0 Å². The van der Waals surface area contributed by atoms with Crippen molar-refractivity contribution >= 4 is 11.5 Å². The second-order valence-electron chi connectivity index (χ2n) is 4.08. The van der Waals surface area contributed by atoms with E-state index in [4.69, 9.17) is 5.11 Å². The lowest BCUT2D eigenvalue weighted by Crippen LogP contribution is -2.33. The number of hydrogen-bond acceptors (Lipinski definition) is 3. The standard InChI is InChI=1S/C13H13N3O2/c1-9(13(17)18)15-7-10-8-16-5-3-2-4-12(16)11(10)6-14/h2-5,8-9,15H,7H2,1H3,(H,17,18)/t9-/m1/s1. The van der Waals surface area contributed by atoms with Crippen LogP contribution in [0.25, 0.3) is 5.52 Å². The van der Waals surface area contributed by atoms with Gasteiger partial charge in [-0.25, -0.2) is 0 Å². The van der Waals surface area contributed by atoms with Gasteiger partial charge in [0.05, 0.1) is 11.1 Å². The molecule has 0 saturated carbocycles. The molecule has 18 heavy (non-hydrogen) atoms. The molecule has 5 heteroatoms. The van der Waals surface area contributed by atoms with Gasteiger partial charge in [-0.05, 0) is 19.1 Å². The van der Waals surface area contributed by atoms with Crippen LogP contribution in [0.4, 0.5) is 0 Å². The maximum Gasteiger partial charge on any atom is 0.320 e. The lowest BCUT2D eigenvalue weighted by atomic mass is 10.1. The highest BCUT2D eigenvalue weighted by atomic mass is 16.4. The van der Waals surface area contributed by atoms with E-state index in [0.717, 1.165) is 11.1 Å². The number of carboxylic acid groups (broad SMARTS) is 1. The van der Waals surface area contributed by atoms with Gasteiger partial charge in [0.1, 0.15) is 12.1 Å². The summed E-state index contributed by atoms with van der Waals surface area (Å²) in [6.07, 6.45) is 3.70. The van der Waals surface area contributed by atoms with Gasteiger partial charge in [0.15, 0.2) is 0 Å². The monoisotopic (exact) mass is 243 g/mol. The molecule has 2 aromatic rings. The summed E-state index contributed by atoms with van der Waals surface area (Å²) in [7, 11) is 0. The van der Waals surface area contributed by atoms with Gasteiger partial charge >= 0.3 is 5.97 Å². The molecule has 0 aliphatic rings. The summed E-state index contributed by atoms with van der Waals surface area (Å²) >= 11 is 0. The molecule has 0 radical (unpaired) electrons. The van der Waals surface area contributed by atoms with Crippen molar-refractivity contribution in [3.05, 3.63) is 41.7 Å². The van der Waals surface area contributed by atoms with Crippen LogP contribution in [0.15, 0.2) is 30.6 Å². The fourth-order valence-corrected chi connectivity index (χ4v) is 1.79. The molecule has 0 aliphatic carbocycles.